The largest absolute Gasteiger partial charge is 0.496 e. The molecule has 4 rings (SSSR count). The Kier molecular flexibility index (Phi) is 7.76. The number of hydrogen-bond donors (Lipinski definition) is 3. The van der Waals surface area contributed by atoms with Crippen LogP contribution in [0.4, 0.5) is 0 Å². The number of nitrogens with one attached hydrogen (secondary N) is 1. The highest BCUT2D eigenvalue weighted by molar-refractivity contribution is 6.03. The van der Waals surface area contributed by atoms with E-state index in [1.54, 1.807) is 18.3 Å². The van der Waals surface area contributed by atoms with E-state index in [-0.39, 0.29) is 36.0 Å². The Balaban J connectivity index is 1.67. The van der Waals surface area contributed by atoms with Crippen LogP contribution in [0.1, 0.15) is 61.4 Å². The molecule has 35 heavy (non-hydrogen) atoms. The smallest absolute Gasteiger partial charge is 0.252 e. The highest BCUT2D eigenvalue weighted by atomic mass is 16.5. The number of methoxy groups -OCH3 is 1. The number of benzene rings is 1. The van der Waals surface area contributed by atoms with E-state index in [9.17, 15) is 14.7 Å². The van der Waals surface area contributed by atoms with E-state index in [2.05, 4.69) is 29.1 Å². The molecule has 1 saturated heterocycles. The Morgan fingerprint density at radius 1 is 1.26 bits per heavy atom. The van der Waals surface area contributed by atoms with Crippen LogP contribution >= 0.6 is 0 Å². The number of rotatable bonds is 7. The molecule has 1 aliphatic heterocycles. The van der Waals surface area contributed by atoms with Gasteiger partial charge in [-0.15, -0.1) is 0 Å². The lowest BCUT2D eigenvalue weighted by molar-refractivity contribution is -0.119. The average molecular weight is 480 g/mol. The number of aliphatic hydroxyl groups is 1. The third-order valence-corrected chi connectivity index (χ3v) is 7.24. The highest BCUT2D eigenvalue weighted by Crippen LogP contribution is 2.34. The number of nitrogens with zero attached hydrogens (tertiary/aromatic N) is 1. The first-order valence-electron chi connectivity index (χ1n) is 12.3. The fourth-order valence-corrected chi connectivity index (χ4v) is 5.03. The van der Waals surface area contributed by atoms with Gasteiger partial charge < -0.3 is 25.6 Å². The molecule has 1 aromatic heterocycles. The van der Waals surface area contributed by atoms with Crippen LogP contribution in [0.2, 0.25) is 0 Å². The zero-order chi connectivity index (χ0) is 24.9. The minimum atomic E-state index is -0.594. The van der Waals surface area contributed by atoms with Gasteiger partial charge in [0.2, 0.25) is 11.8 Å². The van der Waals surface area contributed by atoms with E-state index in [0.717, 1.165) is 32.1 Å². The van der Waals surface area contributed by atoms with E-state index >= 15 is 0 Å². The number of fused-ring (bicyclic) bond motifs is 1. The molecule has 4 N–H and O–H groups in total. The van der Waals surface area contributed by atoms with Gasteiger partial charge in [-0.25, -0.2) is 4.98 Å². The number of carbonyl (C=O) groups is 2. The van der Waals surface area contributed by atoms with Gasteiger partial charge >= 0.3 is 0 Å². The first-order chi connectivity index (χ1) is 16.9. The molecule has 1 aromatic carbocycles. The summed E-state index contributed by atoms with van der Waals surface area (Å²) in [6.45, 7) is 2.59. The van der Waals surface area contributed by atoms with Crippen LogP contribution in [0, 0.1) is 29.6 Å². The molecule has 0 spiro atoms. The topological polar surface area (TPSA) is 124 Å². The Bertz CT molecular complexity index is 1160. The SMILES string of the molecule is CCC1CC(=O)N[C@@H]1COc1ncc(C#CC2CCC(CO)CC2)c2cc(C(N)=O)c(OC)cc12. The van der Waals surface area contributed by atoms with Crippen LogP contribution in [-0.2, 0) is 4.79 Å². The van der Waals surface area contributed by atoms with Crippen molar-refractivity contribution < 1.29 is 24.2 Å². The van der Waals surface area contributed by atoms with Crippen LogP contribution in [0.5, 0.6) is 11.6 Å². The lowest BCUT2D eigenvalue weighted by Crippen LogP contribution is -2.34. The molecule has 2 heterocycles. The first-order valence-corrected chi connectivity index (χ1v) is 12.3. The monoisotopic (exact) mass is 479 g/mol. The second kappa shape index (κ2) is 11.0. The maximum Gasteiger partial charge on any atom is 0.252 e. The number of ether oxygens (including phenoxy) is 2. The van der Waals surface area contributed by atoms with Crippen molar-refractivity contribution in [2.75, 3.05) is 20.3 Å². The lowest BCUT2D eigenvalue weighted by atomic mass is 9.82. The van der Waals surface area contributed by atoms with Crippen molar-refractivity contribution in [3.05, 3.63) is 29.5 Å². The number of primary amides is 1. The third-order valence-electron chi connectivity index (χ3n) is 7.24. The van der Waals surface area contributed by atoms with E-state index in [1.165, 1.54) is 7.11 Å². The van der Waals surface area contributed by atoms with Crippen LogP contribution < -0.4 is 20.5 Å². The summed E-state index contributed by atoms with van der Waals surface area (Å²) in [5.74, 6) is 7.63. The Labute approximate surface area is 205 Å². The van der Waals surface area contributed by atoms with Crippen molar-refractivity contribution in [3.63, 3.8) is 0 Å². The zero-order valence-corrected chi connectivity index (χ0v) is 20.3. The summed E-state index contributed by atoms with van der Waals surface area (Å²) in [5, 5.41) is 13.7. The quantitative estimate of drug-likeness (QED) is 0.525. The number of amides is 2. The molecule has 0 bridgehead atoms. The van der Waals surface area contributed by atoms with Gasteiger partial charge in [0.1, 0.15) is 12.4 Å². The first kappa shape index (κ1) is 24.8. The van der Waals surface area contributed by atoms with E-state index < -0.39 is 5.91 Å². The van der Waals surface area contributed by atoms with Gasteiger partial charge in [0.25, 0.3) is 5.91 Å². The Morgan fingerprint density at radius 3 is 2.69 bits per heavy atom. The fraction of sp³-hybridized carbons (Fsp3) is 0.519. The molecule has 2 atom stereocenters. The van der Waals surface area contributed by atoms with Gasteiger partial charge in [0.15, 0.2) is 0 Å². The van der Waals surface area contributed by atoms with Crippen molar-refractivity contribution >= 4 is 22.6 Å². The van der Waals surface area contributed by atoms with Crippen molar-refractivity contribution in [1.29, 1.82) is 0 Å². The van der Waals surface area contributed by atoms with E-state index in [0.29, 0.717) is 46.9 Å². The molecular weight excluding hydrogens is 446 g/mol. The van der Waals surface area contributed by atoms with Crippen molar-refractivity contribution in [3.8, 4) is 23.5 Å². The standard InChI is InChI=1S/C27H33N3O5/c1-3-18-10-25(32)30-23(18)15-35-27-21-12-24(34-2)22(26(28)33)11-20(21)19(13-29-27)9-8-16-4-6-17(14-31)7-5-16/h11-13,16-18,23,31H,3-7,10,14-15H2,1-2H3,(H2,28,33)(H,30,32)/t16?,17?,18?,23-/m1/s1. The Morgan fingerprint density at radius 2 is 2.03 bits per heavy atom. The summed E-state index contributed by atoms with van der Waals surface area (Å²) in [6, 6.07) is 3.31. The predicted octanol–water partition coefficient (Wildman–Crippen LogP) is 2.79. The maximum atomic E-state index is 12.1. The van der Waals surface area contributed by atoms with Crippen LogP contribution in [0.25, 0.3) is 10.8 Å². The molecule has 1 unspecified atom stereocenters. The van der Waals surface area contributed by atoms with Gasteiger partial charge in [0.05, 0.1) is 24.3 Å². The van der Waals surface area contributed by atoms with Crippen LogP contribution in [0.15, 0.2) is 18.3 Å². The summed E-state index contributed by atoms with van der Waals surface area (Å²) in [5.41, 5.74) is 6.55. The molecule has 2 amide bonds. The third kappa shape index (κ3) is 5.51. The summed E-state index contributed by atoms with van der Waals surface area (Å²) in [6.07, 6.45) is 6.90. The van der Waals surface area contributed by atoms with Crippen molar-refractivity contribution in [2.24, 2.45) is 23.5 Å². The lowest BCUT2D eigenvalue weighted by Gasteiger charge is -2.23. The minimum Gasteiger partial charge on any atom is -0.496 e. The number of aromatic nitrogens is 1. The summed E-state index contributed by atoms with van der Waals surface area (Å²) < 4.78 is 11.5. The van der Waals surface area contributed by atoms with Crippen LogP contribution in [-0.4, -0.2) is 48.3 Å². The minimum absolute atomic E-state index is 0.0367. The summed E-state index contributed by atoms with van der Waals surface area (Å²) >= 11 is 0. The van der Waals surface area contributed by atoms with Gasteiger partial charge in [0, 0.05) is 35.9 Å². The average Bonchev–Trinajstić information content (AvgIpc) is 3.25. The number of pyridine rings is 1. The van der Waals surface area contributed by atoms with E-state index in [4.69, 9.17) is 15.2 Å². The van der Waals surface area contributed by atoms with Gasteiger partial charge in [-0.05, 0) is 49.7 Å². The second-order valence-electron chi connectivity index (χ2n) is 9.47. The Hall–Kier alpha value is -3.31. The highest BCUT2D eigenvalue weighted by Gasteiger charge is 2.31. The molecule has 2 fully saturated rings. The number of hydrogen-bond acceptors (Lipinski definition) is 6. The second-order valence-corrected chi connectivity index (χ2v) is 9.47. The normalized spacial score (nSPS) is 23.9. The van der Waals surface area contributed by atoms with E-state index in [1.807, 2.05) is 0 Å². The molecule has 2 aliphatic rings. The predicted molar refractivity (Wildman–Crippen MR) is 132 cm³/mol. The van der Waals surface area contributed by atoms with Gasteiger partial charge in [-0.2, -0.15) is 0 Å². The molecule has 2 aromatic rings. The number of nitrogens with two attached hydrogens (primary N) is 1. The van der Waals surface area contributed by atoms with Crippen molar-refractivity contribution in [2.45, 2.75) is 51.5 Å². The molecule has 186 valence electrons. The fourth-order valence-electron chi connectivity index (χ4n) is 5.03. The van der Waals surface area contributed by atoms with Gasteiger partial charge in [-0.3, -0.25) is 9.59 Å². The molecular formula is C27H33N3O5. The van der Waals surface area contributed by atoms with Crippen molar-refractivity contribution in [1.82, 2.24) is 10.3 Å². The molecule has 1 saturated carbocycles. The maximum absolute atomic E-state index is 12.1. The number of aliphatic hydroxyl groups excluding tert-OH is 1. The molecule has 0 radical (unpaired) electrons. The van der Waals surface area contributed by atoms with Crippen LogP contribution in [0.3, 0.4) is 0 Å². The zero-order valence-electron chi connectivity index (χ0n) is 20.3. The van der Waals surface area contributed by atoms with Gasteiger partial charge in [-0.1, -0.05) is 25.2 Å². The number of carbonyl (C=O) groups excluding carboxylic acids is 2. The molecule has 8 nitrogen and oxygen atoms in total. The molecule has 8 heteroatoms. The molecule has 1 aliphatic carbocycles. The summed E-state index contributed by atoms with van der Waals surface area (Å²) in [7, 11) is 1.48. The summed E-state index contributed by atoms with van der Waals surface area (Å²) in [4.78, 5) is 28.5.